The smallest absolute Gasteiger partial charge is 0.253 e. The first-order valence-corrected chi connectivity index (χ1v) is 7.88. The lowest BCUT2D eigenvalue weighted by atomic mass is 9.88. The summed E-state index contributed by atoms with van der Waals surface area (Å²) in [5.41, 5.74) is 1.09. The molecule has 1 aromatic rings. The van der Waals surface area contributed by atoms with Crippen LogP contribution in [0.2, 0.25) is 0 Å². The van der Waals surface area contributed by atoms with Crippen LogP contribution in [-0.2, 0) is 4.79 Å². The van der Waals surface area contributed by atoms with Crippen LogP contribution >= 0.6 is 0 Å². The van der Waals surface area contributed by atoms with Crippen LogP contribution in [0.3, 0.4) is 0 Å². The first kappa shape index (κ1) is 16.5. The number of nitrogens with one attached hydrogen (secondary N) is 3. The van der Waals surface area contributed by atoms with Crippen molar-refractivity contribution in [2.45, 2.75) is 20.8 Å². The predicted octanol–water partition coefficient (Wildman–Crippen LogP) is 1.87. The summed E-state index contributed by atoms with van der Waals surface area (Å²) < 4.78 is 0. The second kappa shape index (κ2) is 7.40. The molecule has 2 rings (SSSR count). The van der Waals surface area contributed by atoms with Gasteiger partial charge in [0.05, 0.1) is 11.3 Å². The molecule has 0 spiro atoms. The molecule has 1 aliphatic rings. The van der Waals surface area contributed by atoms with Gasteiger partial charge in [-0.05, 0) is 37.1 Å². The molecule has 5 nitrogen and oxygen atoms in total. The minimum Gasteiger partial charge on any atom is -0.352 e. The Labute approximate surface area is 131 Å². The number of hydrogen-bond acceptors (Lipinski definition) is 3. The van der Waals surface area contributed by atoms with E-state index >= 15 is 0 Å². The Morgan fingerprint density at radius 1 is 1.23 bits per heavy atom. The summed E-state index contributed by atoms with van der Waals surface area (Å²) in [7, 11) is 0. The van der Waals surface area contributed by atoms with Gasteiger partial charge in [0.1, 0.15) is 0 Å². The number of para-hydroxylation sites is 1. The quantitative estimate of drug-likeness (QED) is 0.751. The molecule has 5 heteroatoms. The van der Waals surface area contributed by atoms with Gasteiger partial charge < -0.3 is 16.0 Å². The third kappa shape index (κ3) is 4.07. The zero-order chi connectivity index (χ0) is 16.1. The van der Waals surface area contributed by atoms with Crippen LogP contribution in [0, 0.1) is 17.8 Å². The Balaban J connectivity index is 2.04. The molecule has 0 bridgehead atoms. The molecule has 1 atom stereocenters. The Bertz CT molecular complexity index is 538. The summed E-state index contributed by atoms with van der Waals surface area (Å²) in [6, 6.07) is 7.14. The molecule has 120 valence electrons. The number of carbonyl (C=O) groups is 2. The minimum absolute atomic E-state index is 0.0318. The van der Waals surface area contributed by atoms with Crippen molar-refractivity contribution in [1.82, 2.24) is 10.6 Å². The first-order chi connectivity index (χ1) is 10.5. The van der Waals surface area contributed by atoms with Gasteiger partial charge in [0.15, 0.2) is 0 Å². The SMILES string of the molecule is CC(C)CNC(=O)c1ccccc1NC(=O)C(C)C1CNC1. The molecular weight excluding hydrogens is 278 g/mol. The van der Waals surface area contributed by atoms with Crippen molar-refractivity contribution in [3.8, 4) is 0 Å². The maximum atomic E-state index is 12.3. The van der Waals surface area contributed by atoms with Crippen molar-refractivity contribution in [1.29, 1.82) is 0 Å². The van der Waals surface area contributed by atoms with Crippen molar-refractivity contribution >= 4 is 17.5 Å². The van der Waals surface area contributed by atoms with Gasteiger partial charge >= 0.3 is 0 Å². The normalized spacial score (nSPS) is 16.0. The van der Waals surface area contributed by atoms with Gasteiger partial charge in [-0.25, -0.2) is 0 Å². The molecule has 1 aromatic carbocycles. The lowest BCUT2D eigenvalue weighted by molar-refractivity contribution is -0.121. The summed E-state index contributed by atoms with van der Waals surface area (Å²) in [4.78, 5) is 24.6. The molecular formula is C17H25N3O2. The average molecular weight is 303 g/mol. The highest BCUT2D eigenvalue weighted by atomic mass is 16.2. The van der Waals surface area contributed by atoms with Gasteiger partial charge in [-0.3, -0.25) is 9.59 Å². The predicted molar refractivity (Wildman–Crippen MR) is 87.8 cm³/mol. The molecule has 3 N–H and O–H groups in total. The lowest BCUT2D eigenvalue weighted by Gasteiger charge is -2.31. The number of carbonyl (C=O) groups excluding carboxylic acids is 2. The molecule has 1 saturated heterocycles. The molecule has 1 heterocycles. The highest BCUT2D eigenvalue weighted by Crippen LogP contribution is 2.20. The topological polar surface area (TPSA) is 70.2 Å². The summed E-state index contributed by atoms with van der Waals surface area (Å²) in [5, 5.41) is 8.96. The Kier molecular flexibility index (Phi) is 5.55. The second-order valence-electron chi connectivity index (χ2n) is 6.35. The van der Waals surface area contributed by atoms with Crippen molar-refractivity contribution < 1.29 is 9.59 Å². The standard InChI is InChI=1S/C17H25N3O2/c1-11(2)8-19-17(22)14-6-4-5-7-15(14)20-16(21)12(3)13-9-18-10-13/h4-7,11-13,18H,8-10H2,1-3H3,(H,19,22)(H,20,21). The van der Waals surface area contributed by atoms with E-state index in [1.807, 2.05) is 26.8 Å². The molecule has 1 fully saturated rings. The summed E-state index contributed by atoms with van der Waals surface area (Å²) in [5.74, 6) is 0.518. The molecule has 0 aromatic heterocycles. The van der Waals surface area contributed by atoms with Gasteiger partial charge in [-0.1, -0.05) is 32.9 Å². The molecule has 1 unspecified atom stereocenters. The van der Waals surface area contributed by atoms with E-state index in [9.17, 15) is 9.59 Å². The Hall–Kier alpha value is -1.88. The largest absolute Gasteiger partial charge is 0.352 e. The van der Waals surface area contributed by atoms with E-state index in [0.717, 1.165) is 13.1 Å². The molecule has 2 amide bonds. The highest BCUT2D eigenvalue weighted by molar-refractivity contribution is 6.04. The first-order valence-electron chi connectivity index (χ1n) is 7.88. The number of anilines is 1. The maximum Gasteiger partial charge on any atom is 0.253 e. The fraction of sp³-hybridized carbons (Fsp3) is 0.529. The summed E-state index contributed by atoms with van der Waals surface area (Å²) in [6.07, 6.45) is 0. The van der Waals surface area contributed by atoms with Gasteiger partial charge in [-0.15, -0.1) is 0 Å². The van der Waals surface area contributed by atoms with Crippen LogP contribution in [0.4, 0.5) is 5.69 Å². The lowest BCUT2D eigenvalue weighted by Crippen LogP contribution is -2.48. The zero-order valence-electron chi connectivity index (χ0n) is 13.5. The van der Waals surface area contributed by atoms with Crippen molar-refractivity contribution in [3.05, 3.63) is 29.8 Å². The van der Waals surface area contributed by atoms with Gasteiger partial charge in [-0.2, -0.15) is 0 Å². The monoisotopic (exact) mass is 303 g/mol. The van der Waals surface area contributed by atoms with Crippen LogP contribution < -0.4 is 16.0 Å². The number of benzene rings is 1. The third-order valence-corrected chi connectivity index (χ3v) is 4.03. The molecule has 1 aliphatic heterocycles. The number of hydrogen-bond donors (Lipinski definition) is 3. The van der Waals surface area contributed by atoms with Crippen molar-refractivity contribution in [2.24, 2.45) is 17.8 Å². The number of amides is 2. The number of rotatable bonds is 6. The fourth-order valence-electron chi connectivity index (χ4n) is 2.31. The van der Waals surface area contributed by atoms with E-state index in [4.69, 9.17) is 0 Å². The van der Waals surface area contributed by atoms with Gasteiger partial charge in [0.2, 0.25) is 5.91 Å². The zero-order valence-corrected chi connectivity index (χ0v) is 13.5. The maximum absolute atomic E-state index is 12.3. The van der Waals surface area contributed by atoms with Crippen LogP contribution in [0.15, 0.2) is 24.3 Å². The van der Waals surface area contributed by atoms with E-state index in [0.29, 0.717) is 29.6 Å². The van der Waals surface area contributed by atoms with E-state index in [-0.39, 0.29) is 17.7 Å². The fourth-order valence-corrected chi connectivity index (χ4v) is 2.31. The highest BCUT2D eigenvalue weighted by Gasteiger charge is 2.29. The van der Waals surface area contributed by atoms with E-state index in [2.05, 4.69) is 16.0 Å². The second-order valence-corrected chi connectivity index (χ2v) is 6.35. The van der Waals surface area contributed by atoms with Crippen LogP contribution in [0.25, 0.3) is 0 Å². The minimum atomic E-state index is -0.150. The summed E-state index contributed by atoms with van der Waals surface area (Å²) >= 11 is 0. The Morgan fingerprint density at radius 2 is 1.91 bits per heavy atom. The van der Waals surface area contributed by atoms with Gasteiger partial charge in [0, 0.05) is 12.5 Å². The van der Waals surface area contributed by atoms with Gasteiger partial charge in [0.25, 0.3) is 5.91 Å². The van der Waals surface area contributed by atoms with Crippen molar-refractivity contribution in [3.63, 3.8) is 0 Å². The van der Waals surface area contributed by atoms with E-state index < -0.39 is 0 Å². The van der Waals surface area contributed by atoms with Crippen LogP contribution in [0.5, 0.6) is 0 Å². The molecule has 0 saturated carbocycles. The van der Waals surface area contributed by atoms with Crippen LogP contribution in [-0.4, -0.2) is 31.4 Å². The van der Waals surface area contributed by atoms with Crippen molar-refractivity contribution in [2.75, 3.05) is 25.0 Å². The summed E-state index contributed by atoms with van der Waals surface area (Å²) in [6.45, 7) is 8.40. The van der Waals surface area contributed by atoms with E-state index in [1.165, 1.54) is 0 Å². The average Bonchev–Trinajstić information content (AvgIpc) is 2.43. The van der Waals surface area contributed by atoms with E-state index in [1.54, 1.807) is 18.2 Å². The molecule has 22 heavy (non-hydrogen) atoms. The molecule has 0 aliphatic carbocycles. The molecule has 0 radical (unpaired) electrons. The third-order valence-electron chi connectivity index (χ3n) is 4.03. The van der Waals surface area contributed by atoms with Crippen LogP contribution in [0.1, 0.15) is 31.1 Å². The Morgan fingerprint density at radius 3 is 2.50 bits per heavy atom.